The van der Waals surface area contributed by atoms with Crippen LogP contribution < -0.4 is 5.32 Å². The number of fused-ring (bicyclic) bond motifs is 1. The minimum absolute atomic E-state index is 0.109. The number of anilines is 1. The molecule has 1 aromatic carbocycles. The molecule has 7 heteroatoms. The van der Waals surface area contributed by atoms with E-state index in [0.29, 0.717) is 12.1 Å². The van der Waals surface area contributed by atoms with Gasteiger partial charge in [0.1, 0.15) is 12.1 Å². The third kappa shape index (κ3) is 3.61. The normalized spacial score (nSPS) is 20.5. The second-order valence-electron chi connectivity index (χ2n) is 5.81. The van der Waals surface area contributed by atoms with Crippen molar-refractivity contribution in [3.63, 3.8) is 0 Å². The molecule has 2 N–H and O–H groups in total. The topological polar surface area (TPSA) is 78.4 Å². The minimum Gasteiger partial charge on any atom is -0.480 e. The van der Waals surface area contributed by atoms with E-state index in [4.69, 9.17) is 5.11 Å². The van der Waals surface area contributed by atoms with Crippen LogP contribution in [0.1, 0.15) is 19.8 Å². The summed E-state index contributed by atoms with van der Waals surface area (Å²) in [6.45, 7) is 2.87. The average molecular weight is 379 g/mol. The van der Waals surface area contributed by atoms with Crippen LogP contribution in [0.15, 0.2) is 29.0 Å². The number of carboxylic acid groups (broad SMARTS) is 1. The molecule has 0 radical (unpaired) electrons. The first-order valence-electron chi connectivity index (χ1n) is 7.69. The first-order valence-corrected chi connectivity index (χ1v) is 8.48. The van der Waals surface area contributed by atoms with E-state index < -0.39 is 5.97 Å². The summed E-state index contributed by atoms with van der Waals surface area (Å²) in [6.07, 6.45) is 3.43. The molecule has 23 heavy (non-hydrogen) atoms. The van der Waals surface area contributed by atoms with E-state index in [0.717, 1.165) is 40.6 Å². The molecular formula is C16H19BrN4O2. The van der Waals surface area contributed by atoms with Gasteiger partial charge in [-0.05, 0) is 37.6 Å². The first-order chi connectivity index (χ1) is 11.1. The summed E-state index contributed by atoms with van der Waals surface area (Å²) < 4.78 is 0.991. The van der Waals surface area contributed by atoms with Crippen molar-refractivity contribution in [2.24, 2.45) is 0 Å². The molecule has 1 aliphatic rings. The van der Waals surface area contributed by atoms with E-state index in [9.17, 15) is 4.79 Å². The predicted molar refractivity (Wildman–Crippen MR) is 92.6 cm³/mol. The molecule has 1 saturated carbocycles. The van der Waals surface area contributed by atoms with Gasteiger partial charge in [0.15, 0.2) is 0 Å². The predicted octanol–water partition coefficient (Wildman–Crippen LogP) is 2.74. The Balaban J connectivity index is 1.65. The molecule has 0 amide bonds. The van der Waals surface area contributed by atoms with Gasteiger partial charge in [-0.25, -0.2) is 9.97 Å². The van der Waals surface area contributed by atoms with E-state index in [1.54, 1.807) is 6.33 Å². The molecule has 0 spiro atoms. The second kappa shape index (κ2) is 6.80. The zero-order chi connectivity index (χ0) is 16.4. The fraction of sp³-hybridized carbons (Fsp3) is 0.438. The Morgan fingerprint density at radius 3 is 2.91 bits per heavy atom. The zero-order valence-electron chi connectivity index (χ0n) is 12.9. The standard InChI is InChI=1S/C16H19BrN4O2/c1-2-21(8-15(22)23)12-6-11(7-12)20-16-13-4-3-10(17)5-14(13)18-9-19-16/h3-5,9,11-12H,2,6-8H2,1H3,(H,22,23)(H,18,19,20). The van der Waals surface area contributed by atoms with Gasteiger partial charge in [0.05, 0.1) is 12.1 Å². The molecule has 1 fully saturated rings. The van der Waals surface area contributed by atoms with Gasteiger partial charge in [0.2, 0.25) is 0 Å². The van der Waals surface area contributed by atoms with E-state index in [-0.39, 0.29) is 6.54 Å². The number of hydrogen-bond donors (Lipinski definition) is 2. The Bertz CT molecular complexity index is 718. The maximum Gasteiger partial charge on any atom is 0.317 e. The summed E-state index contributed by atoms with van der Waals surface area (Å²) >= 11 is 3.45. The van der Waals surface area contributed by atoms with Gasteiger partial charge in [-0.15, -0.1) is 0 Å². The minimum atomic E-state index is -0.768. The van der Waals surface area contributed by atoms with Gasteiger partial charge >= 0.3 is 5.97 Å². The zero-order valence-corrected chi connectivity index (χ0v) is 14.5. The summed E-state index contributed by atoms with van der Waals surface area (Å²) in [5.74, 6) is 0.0721. The summed E-state index contributed by atoms with van der Waals surface area (Å²) in [4.78, 5) is 21.5. The highest BCUT2D eigenvalue weighted by atomic mass is 79.9. The summed E-state index contributed by atoms with van der Waals surface area (Å²) in [6, 6.07) is 6.60. The van der Waals surface area contributed by atoms with Crippen molar-refractivity contribution in [1.82, 2.24) is 14.9 Å². The lowest BCUT2D eigenvalue weighted by molar-refractivity contribution is -0.139. The number of hydrogen-bond acceptors (Lipinski definition) is 5. The molecule has 3 rings (SSSR count). The van der Waals surface area contributed by atoms with Gasteiger partial charge in [-0.2, -0.15) is 0 Å². The molecule has 2 aromatic rings. The number of benzene rings is 1. The Hall–Kier alpha value is -1.73. The summed E-state index contributed by atoms with van der Waals surface area (Å²) in [5, 5.41) is 13.4. The van der Waals surface area contributed by atoms with Crippen LogP contribution in [-0.2, 0) is 4.79 Å². The Morgan fingerprint density at radius 1 is 1.43 bits per heavy atom. The molecule has 0 atom stereocenters. The molecule has 0 unspecified atom stereocenters. The van der Waals surface area contributed by atoms with Crippen molar-refractivity contribution in [3.05, 3.63) is 29.0 Å². The number of rotatable bonds is 6. The van der Waals surface area contributed by atoms with Crippen molar-refractivity contribution >= 4 is 38.6 Å². The highest BCUT2D eigenvalue weighted by Crippen LogP contribution is 2.30. The number of carbonyl (C=O) groups is 1. The van der Waals surface area contributed by atoms with Crippen LogP contribution in [0.25, 0.3) is 10.9 Å². The SMILES string of the molecule is CCN(CC(=O)O)C1CC(Nc2ncnc3cc(Br)ccc23)C1. The number of aromatic nitrogens is 2. The van der Waals surface area contributed by atoms with Gasteiger partial charge in [0.25, 0.3) is 0 Å². The molecule has 6 nitrogen and oxygen atoms in total. The summed E-state index contributed by atoms with van der Waals surface area (Å²) in [7, 11) is 0. The summed E-state index contributed by atoms with van der Waals surface area (Å²) in [5.41, 5.74) is 0.897. The Morgan fingerprint density at radius 2 is 2.22 bits per heavy atom. The van der Waals surface area contributed by atoms with Crippen LogP contribution in [-0.4, -0.2) is 51.1 Å². The average Bonchev–Trinajstić information content (AvgIpc) is 2.48. The van der Waals surface area contributed by atoms with Crippen LogP contribution in [0.3, 0.4) is 0 Å². The molecule has 1 aromatic heterocycles. The number of aliphatic carboxylic acids is 1. The highest BCUT2D eigenvalue weighted by Gasteiger charge is 2.34. The number of nitrogens with zero attached hydrogens (tertiary/aromatic N) is 3. The fourth-order valence-electron chi connectivity index (χ4n) is 3.02. The van der Waals surface area contributed by atoms with Crippen LogP contribution in [0.4, 0.5) is 5.82 Å². The Labute approximate surface area is 143 Å². The first kappa shape index (κ1) is 16.1. The van der Waals surface area contributed by atoms with Crippen molar-refractivity contribution in [1.29, 1.82) is 0 Å². The van der Waals surface area contributed by atoms with Crippen molar-refractivity contribution in [2.45, 2.75) is 31.8 Å². The van der Waals surface area contributed by atoms with Gasteiger partial charge < -0.3 is 10.4 Å². The van der Waals surface area contributed by atoms with Crippen molar-refractivity contribution in [2.75, 3.05) is 18.4 Å². The molecule has 1 aliphatic carbocycles. The van der Waals surface area contributed by atoms with Crippen molar-refractivity contribution < 1.29 is 9.90 Å². The van der Waals surface area contributed by atoms with Gasteiger partial charge in [0, 0.05) is 21.9 Å². The quantitative estimate of drug-likeness (QED) is 0.804. The van der Waals surface area contributed by atoms with Crippen LogP contribution in [0.5, 0.6) is 0 Å². The van der Waals surface area contributed by atoms with E-state index in [1.165, 1.54) is 0 Å². The fourth-order valence-corrected chi connectivity index (χ4v) is 3.36. The lowest BCUT2D eigenvalue weighted by Gasteiger charge is -2.42. The second-order valence-corrected chi connectivity index (χ2v) is 6.72. The molecule has 1 heterocycles. The van der Waals surface area contributed by atoms with E-state index >= 15 is 0 Å². The van der Waals surface area contributed by atoms with E-state index in [2.05, 4.69) is 31.2 Å². The van der Waals surface area contributed by atoms with Crippen molar-refractivity contribution in [3.8, 4) is 0 Å². The molecular weight excluding hydrogens is 360 g/mol. The van der Waals surface area contributed by atoms with Crippen LogP contribution in [0, 0.1) is 0 Å². The maximum atomic E-state index is 10.9. The number of carboxylic acids is 1. The van der Waals surface area contributed by atoms with Gasteiger partial charge in [-0.3, -0.25) is 9.69 Å². The smallest absolute Gasteiger partial charge is 0.317 e. The highest BCUT2D eigenvalue weighted by molar-refractivity contribution is 9.10. The monoisotopic (exact) mass is 378 g/mol. The molecule has 0 saturated heterocycles. The van der Waals surface area contributed by atoms with Crippen LogP contribution in [0.2, 0.25) is 0 Å². The molecule has 0 bridgehead atoms. The third-order valence-corrected chi connectivity index (χ3v) is 4.81. The molecule has 122 valence electrons. The van der Waals surface area contributed by atoms with Crippen LogP contribution >= 0.6 is 15.9 Å². The lowest BCUT2D eigenvalue weighted by atomic mass is 9.85. The lowest BCUT2D eigenvalue weighted by Crippen LogP contribution is -2.51. The number of halogens is 1. The van der Waals surface area contributed by atoms with Gasteiger partial charge in [-0.1, -0.05) is 22.9 Å². The largest absolute Gasteiger partial charge is 0.480 e. The number of likely N-dealkylation sites (N-methyl/N-ethyl adjacent to an activating group) is 1. The maximum absolute atomic E-state index is 10.9. The molecule has 0 aliphatic heterocycles. The Kier molecular flexibility index (Phi) is 4.77. The third-order valence-electron chi connectivity index (χ3n) is 4.31. The number of nitrogens with one attached hydrogen (secondary N) is 1. The van der Waals surface area contributed by atoms with E-state index in [1.807, 2.05) is 30.0 Å².